The zero-order valence-electron chi connectivity index (χ0n) is 7.79. The Labute approximate surface area is 86.2 Å². The van der Waals surface area contributed by atoms with Crippen molar-refractivity contribution < 1.29 is 9.90 Å². The highest BCUT2D eigenvalue weighted by Gasteiger charge is 2.05. The highest BCUT2D eigenvalue weighted by Crippen LogP contribution is 2.17. The summed E-state index contributed by atoms with van der Waals surface area (Å²) in [6, 6.07) is 5.23. The van der Waals surface area contributed by atoms with Crippen LogP contribution in [0.4, 0.5) is 0 Å². The fourth-order valence-corrected chi connectivity index (χ4v) is 1.25. The van der Waals surface area contributed by atoms with E-state index in [1.807, 2.05) is 6.07 Å². The Kier molecular flexibility index (Phi) is 2.41. The first-order chi connectivity index (χ1) is 7.27. The molecular weight excluding hydrogens is 192 g/mol. The number of pyridine rings is 2. The van der Waals surface area contributed by atoms with Crippen LogP contribution in [0.2, 0.25) is 0 Å². The van der Waals surface area contributed by atoms with E-state index in [0.29, 0.717) is 0 Å². The third-order valence-electron chi connectivity index (χ3n) is 1.98. The van der Waals surface area contributed by atoms with Gasteiger partial charge in [-0.3, -0.25) is 9.97 Å². The van der Waals surface area contributed by atoms with Crippen LogP contribution < -0.4 is 0 Å². The minimum Gasteiger partial charge on any atom is -0.478 e. The van der Waals surface area contributed by atoms with E-state index < -0.39 is 5.97 Å². The summed E-state index contributed by atoms with van der Waals surface area (Å²) in [7, 11) is 0. The van der Waals surface area contributed by atoms with Crippen LogP contribution in [0.3, 0.4) is 0 Å². The molecule has 4 heteroatoms. The molecule has 0 amide bonds. The van der Waals surface area contributed by atoms with Gasteiger partial charge in [-0.1, -0.05) is 6.07 Å². The molecule has 0 saturated heterocycles. The van der Waals surface area contributed by atoms with Crippen molar-refractivity contribution in [2.75, 3.05) is 0 Å². The number of hydrogen-bond donors (Lipinski definition) is 1. The number of nitrogens with zero attached hydrogens (tertiary/aromatic N) is 2. The fraction of sp³-hybridized carbons (Fsp3) is 0. The van der Waals surface area contributed by atoms with Crippen molar-refractivity contribution in [1.29, 1.82) is 0 Å². The van der Waals surface area contributed by atoms with E-state index in [0.717, 1.165) is 11.1 Å². The van der Waals surface area contributed by atoms with Gasteiger partial charge in [-0.2, -0.15) is 0 Å². The maximum absolute atomic E-state index is 10.7. The monoisotopic (exact) mass is 200 g/mol. The van der Waals surface area contributed by atoms with Crippen LogP contribution in [-0.4, -0.2) is 21.0 Å². The number of hydrogen-bond acceptors (Lipinski definition) is 3. The maximum atomic E-state index is 10.7. The lowest BCUT2D eigenvalue weighted by Crippen LogP contribution is -1.97. The van der Waals surface area contributed by atoms with Crippen molar-refractivity contribution in [3.05, 3.63) is 48.5 Å². The second-order valence-corrected chi connectivity index (χ2v) is 3.01. The predicted molar refractivity (Wildman–Crippen MR) is 54.4 cm³/mol. The average Bonchev–Trinajstić information content (AvgIpc) is 2.30. The first-order valence-corrected chi connectivity index (χ1v) is 4.36. The second-order valence-electron chi connectivity index (χ2n) is 3.01. The fourth-order valence-electron chi connectivity index (χ4n) is 1.25. The molecule has 2 aromatic heterocycles. The number of carboxylic acids is 1. The number of carboxylic acid groups (broad SMARTS) is 1. The molecule has 0 aliphatic rings. The zero-order valence-corrected chi connectivity index (χ0v) is 7.79. The van der Waals surface area contributed by atoms with Gasteiger partial charge in [0, 0.05) is 35.9 Å². The summed E-state index contributed by atoms with van der Waals surface area (Å²) in [5.41, 5.74) is 1.78. The van der Waals surface area contributed by atoms with Crippen LogP contribution in [0, 0.1) is 0 Å². The van der Waals surface area contributed by atoms with E-state index in [2.05, 4.69) is 9.97 Å². The van der Waals surface area contributed by atoms with E-state index in [-0.39, 0.29) is 5.56 Å². The largest absolute Gasteiger partial charge is 0.478 e. The summed E-state index contributed by atoms with van der Waals surface area (Å²) in [5, 5.41) is 8.80. The van der Waals surface area contributed by atoms with Crippen molar-refractivity contribution in [1.82, 2.24) is 9.97 Å². The van der Waals surface area contributed by atoms with Gasteiger partial charge < -0.3 is 5.11 Å². The van der Waals surface area contributed by atoms with Gasteiger partial charge in [0.05, 0.1) is 5.56 Å². The van der Waals surface area contributed by atoms with E-state index in [1.165, 1.54) is 6.20 Å². The van der Waals surface area contributed by atoms with Crippen LogP contribution in [0.25, 0.3) is 11.1 Å². The highest BCUT2D eigenvalue weighted by molar-refractivity contribution is 5.88. The second kappa shape index (κ2) is 3.88. The quantitative estimate of drug-likeness (QED) is 0.803. The molecule has 2 rings (SSSR count). The molecule has 0 fully saturated rings. The van der Waals surface area contributed by atoms with Gasteiger partial charge in [0.25, 0.3) is 0 Å². The van der Waals surface area contributed by atoms with Gasteiger partial charge >= 0.3 is 5.97 Å². The summed E-state index contributed by atoms with van der Waals surface area (Å²) < 4.78 is 0. The topological polar surface area (TPSA) is 63.1 Å². The molecule has 2 aromatic rings. The molecule has 74 valence electrons. The standard InChI is InChI=1S/C11H8N2O2/c14-11(15)10-4-9(6-13-7-10)8-2-1-3-12-5-8/h1-7H,(H,14,15). The maximum Gasteiger partial charge on any atom is 0.337 e. The van der Waals surface area contributed by atoms with Gasteiger partial charge in [0.2, 0.25) is 0 Å². The number of aromatic carboxylic acids is 1. The third-order valence-corrected chi connectivity index (χ3v) is 1.98. The summed E-state index contributed by atoms with van der Waals surface area (Å²) in [6.45, 7) is 0. The Balaban J connectivity index is 2.46. The summed E-state index contributed by atoms with van der Waals surface area (Å²) in [4.78, 5) is 18.6. The minimum atomic E-state index is -0.978. The summed E-state index contributed by atoms with van der Waals surface area (Å²) in [6.07, 6.45) is 6.27. The summed E-state index contributed by atoms with van der Waals surface area (Å²) in [5.74, 6) is -0.978. The smallest absolute Gasteiger partial charge is 0.337 e. The normalized spacial score (nSPS) is 9.87. The lowest BCUT2D eigenvalue weighted by molar-refractivity contribution is 0.0696. The molecular formula is C11H8N2O2. The van der Waals surface area contributed by atoms with E-state index >= 15 is 0 Å². The summed E-state index contributed by atoms with van der Waals surface area (Å²) >= 11 is 0. The van der Waals surface area contributed by atoms with Crippen LogP contribution in [0.5, 0.6) is 0 Å². The van der Waals surface area contributed by atoms with E-state index in [1.54, 1.807) is 30.7 Å². The molecule has 1 N–H and O–H groups in total. The lowest BCUT2D eigenvalue weighted by atomic mass is 10.1. The molecule has 0 saturated carbocycles. The highest BCUT2D eigenvalue weighted by atomic mass is 16.4. The predicted octanol–water partition coefficient (Wildman–Crippen LogP) is 1.84. The molecule has 0 unspecified atom stereocenters. The molecule has 0 atom stereocenters. The number of rotatable bonds is 2. The van der Waals surface area contributed by atoms with E-state index in [9.17, 15) is 4.79 Å². The molecule has 0 aromatic carbocycles. The van der Waals surface area contributed by atoms with Crippen LogP contribution in [-0.2, 0) is 0 Å². The number of aromatic nitrogens is 2. The minimum absolute atomic E-state index is 0.177. The Morgan fingerprint density at radius 3 is 2.60 bits per heavy atom. The molecule has 0 aliphatic carbocycles. The van der Waals surface area contributed by atoms with Gasteiger partial charge in [-0.05, 0) is 12.1 Å². The Hall–Kier alpha value is -2.23. The molecule has 2 heterocycles. The first-order valence-electron chi connectivity index (χ1n) is 4.36. The Bertz CT molecular complexity index is 483. The molecule has 15 heavy (non-hydrogen) atoms. The molecule has 0 radical (unpaired) electrons. The van der Waals surface area contributed by atoms with Gasteiger partial charge in [-0.25, -0.2) is 4.79 Å². The van der Waals surface area contributed by atoms with Crippen LogP contribution in [0.15, 0.2) is 43.0 Å². The van der Waals surface area contributed by atoms with Crippen molar-refractivity contribution in [2.45, 2.75) is 0 Å². The molecule has 4 nitrogen and oxygen atoms in total. The van der Waals surface area contributed by atoms with Crippen LogP contribution >= 0.6 is 0 Å². The van der Waals surface area contributed by atoms with Crippen molar-refractivity contribution >= 4 is 5.97 Å². The van der Waals surface area contributed by atoms with Gasteiger partial charge in [-0.15, -0.1) is 0 Å². The van der Waals surface area contributed by atoms with E-state index in [4.69, 9.17) is 5.11 Å². The lowest BCUT2D eigenvalue weighted by Gasteiger charge is -2.00. The molecule has 0 aliphatic heterocycles. The average molecular weight is 200 g/mol. The van der Waals surface area contributed by atoms with Crippen LogP contribution in [0.1, 0.15) is 10.4 Å². The van der Waals surface area contributed by atoms with Crippen molar-refractivity contribution in [3.63, 3.8) is 0 Å². The molecule has 0 spiro atoms. The zero-order chi connectivity index (χ0) is 10.7. The number of carbonyl (C=O) groups is 1. The van der Waals surface area contributed by atoms with Gasteiger partial charge in [0.15, 0.2) is 0 Å². The van der Waals surface area contributed by atoms with Gasteiger partial charge in [0.1, 0.15) is 0 Å². The third kappa shape index (κ3) is 1.99. The van der Waals surface area contributed by atoms with Crippen molar-refractivity contribution in [3.8, 4) is 11.1 Å². The Morgan fingerprint density at radius 1 is 1.13 bits per heavy atom. The first kappa shape index (κ1) is 9.33. The molecule has 0 bridgehead atoms. The van der Waals surface area contributed by atoms with Crippen molar-refractivity contribution in [2.24, 2.45) is 0 Å². The Morgan fingerprint density at radius 2 is 1.93 bits per heavy atom. The SMILES string of the molecule is O=C(O)c1cncc(-c2cccnc2)c1.